The fourth-order valence-corrected chi connectivity index (χ4v) is 7.31. The van der Waals surface area contributed by atoms with Crippen molar-refractivity contribution >= 4 is 57.7 Å². The SMILES string of the molecule is C/C=C\C1=C(C(=O)OC(c2ccccc2)c2ccccc2)N2C(=O)[C@@H](NC(=O)/C(=C\CC)c3csc(NC(=O)OC(C)(C)C)n3)[C@H]2SC1. The molecule has 2 aromatic carbocycles. The van der Waals surface area contributed by atoms with E-state index in [1.807, 2.05) is 86.7 Å². The van der Waals surface area contributed by atoms with E-state index in [4.69, 9.17) is 9.47 Å². The van der Waals surface area contributed by atoms with Crippen LogP contribution in [0, 0.1) is 0 Å². The lowest BCUT2D eigenvalue weighted by molar-refractivity contribution is -0.154. The molecule has 1 saturated heterocycles. The first-order chi connectivity index (χ1) is 23.0. The molecule has 3 heterocycles. The second-order valence-electron chi connectivity index (χ2n) is 12.0. The van der Waals surface area contributed by atoms with Crippen LogP contribution >= 0.6 is 23.1 Å². The topological polar surface area (TPSA) is 127 Å². The van der Waals surface area contributed by atoms with Gasteiger partial charge >= 0.3 is 12.1 Å². The van der Waals surface area contributed by atoms with Gasteiger partial charge in [-0.1, -0.05) is 85.8 Å². The number of nitrogens with one attached hydrogen (secondary N) is 2. The zero-order valence-electron chi connectivity index (χ0n) is 27.4. The molecule has 3 aromatic rings. The third-order valence-corrected chi connectivity index (χ3v) is 9.38. The van der Waals surface area contributed by atoms with Crippen LogP contribution in [0.1, 0.15) is 64.0 Å². The molecule has 0 bridgehead atoms. The number of benzene rings is 2. The number of rotatable bonds is 10. The second-order valence-corrected chi connectivity index (χ2v) is 14.0. The molecule has 2 aliphatic rings. The van der Waals surface area contributed by atoms with E-state index in [2.05, 4.69) is 15.6 Å². The maximum absolute atomic E-state index is 14.0. The van der Waals surface area contributed by atoms with Crippen LogP contribution in [0.2, 0.25) is 0 Å². The number of aromatic nitrogens is 1. The van der Waals surface area contributed by atoms with Crippen molar-refractivity contribution in [3.63, 3.8) is 0 Å². The Morgan fingerprint density at radius 3 is 2.29 bits per heavy atom. The number of hydrogen-bond donors (Lipinski definition) is 2. The van der Waals surface area contributed by atoms with Gasteiger partial charge in [-0.05, 0) is 50.8 Å². The lowest BCUT2D eigenvalue weighted by Gasteiger charge is -2.49. The Kier molecular flexibility index (Phi) is 10.9. The average Bonchev–Trinajstić information content (AvgIpc) is 3.52. The number of carbonyl (C=O) groups is 4. The minimum absolute atomic E-state index is 0.172. The van der Waals surface area contributed by atoms with Crippen molar-refractivity contribution in [2.75, 3.05) is 11.1 Å². The predicted molar refractivity (Wildman–Crippen MR) is 188 cm³/mol. The first-order valence-corrected chi connectivity index (χ1v) is 17.5. The van der Waals surface area contributed by atoms with Crippen LogP contribution in [-0.2, 0) is 23.9 Å². The summed E-state index contributed by atoms with van der Waals surface area (Å²) in [5, 5.41) is 6.89. The summed E-state index contributed by atoms with van der Waals surface area (Å²) in [6.45, 7) is 9.01. The van der Waals surface area contributed by atoms with E-state index < -0.39 is 47.0 Å². The molecular formula is C36H38N4O6S2. The highest BCUT2D eigenvalue weighted by molar-refractivity contribution is 8.00. The van der Waals surface area contributed by atoms with E-state index in [1.165, 1.54) is 16.7 Å². The highest BCUT2D eigenvalue weighted by Gasteiger charge is 2.54. The van der Waals surface area contributed by atoms with E-state index >= 15 is 0 Å². The molecule has 2 N–H and O–H groups in total. The Morgan fingerprint density at radius 2 is 1.71 bits per heavy atom. The van der Waals surface area contributed by atoms with Crippen LogP contribution in [0.3, 0.4) is 0 Å². The Morgan fingerprint density at radius 1 is 1.06 bits per heavy atom. The van der Waals surface area contributed by atoms with Crippen LogP contribution in [0.5, 0.6) is 0 Å². The van der Waals surface area contributed by atoms with Gasteiger partial charge < -0.3 is 14.8 Å². The van der Waals surface area contributed by atoms with Crippen molar-refractivity contribution in [3.05, 3.63) is 112 Å². The fourth-order valence-electron chi connectivity index (χ4n) is 5.29. The molecule has 0 saturated carbocycles. The zero-order chi connectivity index (χ0) is 34.4. The van der Waals surface area contributed by atoms with Crippen molar-refractivity contribution in [1.82, 2.24) is 15.2 Å². The van der Waals surface area contributed by atoms with E-state index in [1.54, 1.807) is 32.2 Å². The van der Waals surface area contributed by atoms with Crippen molar-refractivity contribution < 1.29 is 28.7 Å². The zero-order valence-corrected chi connectivity index (χ0v) is 29.0. The molecule has 1 aromatic heterocycles. The smallest absolute Gasteiger partial charge is 0.413 e. The van der Waals surface area contributed by atoms with Crippen LogP contribution in [-0.4, -0.2) is 56.5 Å². The highest BCUT2D eigenvalue weighted by atomic mass is 32.2. The number of thiazole rings is 1. The summed E-state index contributed by atoms with van der Waals surface area (Å²) in [6.07, 6.45) is 4.55. The first kappa shape index (κ1) is 34.6. The summed E-state index contributed by atoms with van der Waals surface area (Å²) in [5.74, 6) is -1.07. The largest absolute Gasteiger partial charge is 0.448 e. The third-order valence-electron chi connectivity index (χ3n) is 7.32. The third kappa shape index (κ3) is 7.88. The van der Waals surface area contributed by atoms with Gasteiger partial charge in [0, 0.05) is 11.1 Å². The van der Waals surface area contributed by atoms with E-state index in [0.717, 1.165) is 22.5 Å². The minimum atomic E-state index is -0.866. The number of nitrogens with zero attached hydrogens (tertiary/aromatic N) is 2. The number of carbonyl (C=O) groups excluding carboxylic acids is 4. The van der Waals surface area contributed by atoms with E-state index in [9.17, 15) is 19.2 Å². The number of β-lactam (4-membered cyclic amide) rings is 1. The molecule has 0 aliphatic carbocycles. The average molecular weight is 687 g/mol. The number of amides is 3. The summed E-state index contributed by atoms with van der Waals surface area (Å²) in [6, 6.07) is 18.0. The van der Waals surface area contributed by atoms with Crippen LogP contribution in [0.25, 0.3) is 5.57 Å². The second kappa shape index (κ2) is 15.0. The van der Waals surface area contributed by atoms with Gasteiger partial charge in [0.15, 0.2) is 11.2 Å². The molecule has 0 unspecified atom stereocenters. The molecule has 1 fully saturated rings. The normalized spacial score (nSPS) is 18.0. The predicted octanol–water partition coefficient (Wildman–Crippen LogP) is 6.85. The quantitative estimate of drug-likeness (QED) is 0.135. The molecule has 3 amide bonds. The Bertz CT molecular complexity index is 1720. The molecule has 10 nitrogen and oxygen atoms in total. The summed E-state index contributed by atoms with van der Waals surface area (Å²) in [7, 11) is 0. The van der Waals surface area contributed by atoms with Gasteiger partial charge in [-0.25, -0.2) is 14.6 Å². The number of allylic oxidation sites excluding steroid dienone is 3. The maximum atomic E-state index is 14.0. The van der Waals surface area contributed by atoms with Crippen molar-refractivity contribution in [1.29, 1.82) is 0 Å². The van der Waals surface area contributed by atoms with Gasteiger partial charge in [-0.3, -0.25) is 19.8 Å². The Hall–Kier alpha value is -4.68. The van der Waals surface area contributed by atoms with Crippen LogP contribution in [0.15, 0.2) is 95.5 Å². The van der Waals surface area contributed by atoms with Crippen LogP contribution in [0.4, 0.5) is 9.93 Å². The summed E-state index contributed by atoms with van der Waals surface area (Å²) >= 11 is 2.62. The number of esters is 1. The number of ether oxygens (including phenoxy) is 2. The first-order valence-electron chi connectivity index (χ1n) is 15.6. The molecule has 250 valence electrons. The van der Waals surface area contributed by atoms with Crippen molar-refractivity contribution in [2.45, 2.75) is 64.2 Å². The monoisotopic (exact) mass is 686 g/mol. The van der Waals surface area contributed by atoms with Crippen molar-refractivity contribution in [3.8, 4) is 0 Å². The Balaban J connectivity index is 1.33. The summed E-state index contributed by atoms with van der Waals surface area (Å²) < 4.78 is 11.5. The number of thioether (sulfide) groups is 1. The molecule has 0 spiro atoms. The fraction of sp³-hybridized carbons (Fsp3) is 0.306. The molecule has 48 heavy (non-hydrogen) atoms. The standard InChI is InChI=1S/C36H38N4O6S2/c1-6-14-24-20-47-32-27(38-30(41)25(15-7-2)26-21-48-34(37-26)39-35(44)46-36(3,4)5)31(42)40(32)28(24)33(43)45-29(22-16-10-8-11-17-22)23-18-12-9-13-19-23/h6,8-19,21,27,29,32H,7,20H2,1-5H3,(H,38,41)(H,37,39,44)/b14-6-,25-15-/t27-,32-/m1/s1. The molecule has 5 rings (SSSR count). The van der Waals surface area contributed by atoms with Gasteiger partial charge in [0.2, 0.25) is 0 Å². The van der Waals surface area contributed by atoms with E-state index in [0.29, 0.717) is 23.4 Å². The number of anilines is 1. The molecule has 0 radical (unpaired) electrons. The van der Waals surface area contributed by atoms with Crippen LogP contribution < -0.4 is 10.6 Å². The number of hydrogen-bond acceptors (Lipinski definition) is 9. The molecular weight excluding hydrogens is 649 g/mol. The van der Waals surface area contributed by atoms with Gasteiger partial charge in [0.05, 0.1) is 11.3 Å². The highest BCUT2D eigenvalue weighted by Crippen LogP contribution is 2.42. The maximum Gasteiger partial charge on any atom is 0.413 e. The Labute approximate surface area is 288 Å². The number of fused-ring (bicyclic) bond motifs is 1. The minimum Gasteiger partial charge on any atom is -0.448 e. The lowest BCUT2D eigenvalue weighted by atomic mass is 10.00. The van der Waals surface area contributed by atoms with Gasteiger partial charge in [0.25, 0.3) is 11.8 Å². The summed E-state index contributed by atoms with van der Waals surface area (Å²) in [4.78, 5) is 59.4. The van der Waals surface area contributed by atoms with Gasteiger partial charge in [-0.15, -0.1) is 23.1 Å². The lowest BCUT2D eigenvalue weighted by Crippen LogP contribution is -2.70. The summed E-state index contributed by atoms with van der Waals surface area (Å²) in [5.41, 5.74) is 2.39. The van der Waals surface area contributed by atoms with Gasteiger partial charge in [0.1, 0.15) is 22.7 Å². The van der Waals surface area contributed by atoms with Gasteiger partial charge in [-0.2, -0.15) is 0 Å². The molecule has 12 heteroatoms. The molecule has 2 atom stereocenters. The van der Waals surface area contributed by atoms with E-state index in [-0.39, 0.29) is 16.4 Å². The molecule has 2 aliphatic heterocycles. The van der Waals surface area contributed by atoms with Crippen molar-refractivity contribution in [2.24, 2.45) is 0 Å².